The summed E-state index contributed by atoms with van der Waals surface area (Å²) in [4.78, 5) is 0. The molecule has 1 unspecified atom stereocenters. The molecule has 0 spiro atoms. The van der Waals surface area contributed by atoms with Crippen LogP contribution in [0, 0.1) is 0 Å². The van der Waals surface area contributed by atoms with Gasteiger partial charge in [0, 0.05) is 5.02 Å². The molecule has 1 nitrogen and oxygen atoms in total. The van der Waals surface area contributed by atoms with E-state index in [9.17, 15) is 31.4 Å². The van der Waals surface area contributed by atoms with Crippen molar-refractivity contribution in [3.63, 3.8) is 0 Å². The maximum atomic E-state index is 12.2. The fraction of sp³-hybridized carbons (Fsp3) is 0.273. The highest BCUT2D eigenvalue weighted by atomic mass is 35.5. The molecule has 19 heavy (non-hydrogen) atoms. The standard InChI is InChI=1S/C11H7ClF6O/c12-7-3-1-2-6(4-7)8(19)5-9(10(13,14)15)11(16,17)18/h1-5,8,19H. The Bertz CT molecular complexity index is 461. The molecule has 1 rings (SSSR count). The quantitative estimate of drug-likeness (QED) is 0.633. The molecule has 0 radical (unpaired) electrons. The lowest BCUT2D eigenvalue weighted by Gasteiger charge is -2.17. The van der Waals surface area contributed by atoms with Crippen molar-refractivity contribution in [3.8, 4) is 0 Å². The average Bonchev–Trinajstić information content (AvgIpc) is 2.22. The van der Waals surface area contributed by atoms with Crippen molar-refractivity contribution in [3.05, 3.63) is 46.5 Å². The van der Waals surface area contributed by atoms with Gasteiger partial charge in [0.1, 0.15) is 5.57 Å². The molecule has 0 saturated heterocycles. The van der Waals surface area contributed by atoms with E-state index in [1.54, 1.807) is 0 Å². The smallest absolute Gasteiger partial charge is 0.384 e. The molecule has 0 bridgehead atoms. The van der Waals surface area contributed by atoms with Gasteiger partial charge in [-0.15, -0.1) is 0 Å². The number of alkyl halides is 6. The largest absolute Gasteiger partial charge is 0.421 e. The summed E-state index contributed by atoms with van der Waals surface area (Å²) in [5.74, 6) is 0. The number of hydrogen-bond donors (Lipinski definition) is 1. The Labute approximate surface area is 109 Å². The molecule has 8 heteroatoms. The predicted octanol–water partition coefficient (Wildman–Crippen LogP) is 4.42. The highest BCUT2D eigenvalue weighted by molar-refractivity contribution is 6.30. The van der Waals surface area contributed by atoms with Crippen LogP contribution in [0.1, 0.15) is 11.7 Å². The molecule has 1 atom stereocenters. The van der Waals surface area contributed by atoms with E-state index in [1.165, 1.54) is 12.1 Å². The summed E-state index contributed by atoms with van der Waals surface area (Å²) in [5, 5.41) is 9.50. The molecule has 0 saturated carbocycles. The minimum Gasteiger partial charge on any atom is -0.384 e. The third-order valence-corrected chi connectivity index (χ3v) is 2.36. The second-order valence-electron chi connectivity index (χ2n) is 3.58. The summed E-state index contributed by atoms with van der Waals surface area (Å²) < 4.78 is 73.5. The van der Waals surface area contributed by atoms with E-state index in [4.69, 9.17) is 11.6 Å². The third-order valence-electron chi connectivity index (χ3n) is 2.13. The first kappa shape index (κ1) is 15.8. The van der Waals surface area contributed by atoms with E-state index in [2.05, 4.69) is 0 Å². The maximum Gasteiger partial charge on any atom is 0.421 e. The molecule has 1 N–H and O–H groups in total. The van der Waals surface area contributed by atoms with Crippen molar-refractivity contribution in [2.75, 3.05) is 0 Å². The normalized spacial score (nSPS) is 14.1. The molecule has 0 fully saturated rings. The van der Waals surface area contributed by atoms with Crippen LogP contribution in [0.2, 0.25) is 5.02 Å². The predicted molar refractivity (Wildman–Crippen MR) is 56.6 cm³/mol. The monoisotopic (exact) mass is 304 g/mol. The van der Waals surface area contributed by atoms with Gasteiger partial charge in [0.2, 0.25) is 0 Å². The van der Waals surface area contributed by atoms with Crippen molar-refractivity contribution in [1.82, 2.24) is 0 Å². The van der Waals surface area contributed by atoms with Gasteiger partial charge in [-0.05, 0) is 23.8 Å². The minimum absolute atomic E-state index is 0.0884. The van der Waals surface area contributed by atoms with E-state index in [0.29, 0.717) is 0 Å². The molecule has 1 aromatic carbocycles. The Morgan fingerprint density at radius 3 is 2.05 bits per heavy atom. The fourth-order valence-electron chi connectivity index (χ4n) is 1.29. The zero-order valence-corrected chi connectivity index (χ0v) is 9.81. The Morgan fingerprint density at radius 1 is 1.11 bits per heavy atom. The van der Waals surface area contributed by atoms with Crippen LogP contribution in [-0.4, -0.2) is 17.5 Å². The first-order valence-electron chi connectivity index (χ1n) is 4.81. The van der Waals surface area contributed by atoms with Crippen LogP contribution < -0.4 is 0 Å². The van der Waals surface area contributed by atoms with Crippen LogP contribution in [0.4, 0.5) is 26.3 Å². The second-order valence-corrected chi connectivity index (χ2v) is 4.01. The Morgan fingerprint density at radius 2 is 1.63 bits per heavy atom. The summed E-state index contributed by atoms with van der Waals surface area (Å²) in [6.07, 6.45) is -13.5. The van der Waals surface area contributed by atoms with E-state index >= 15 is 0 Å². The van der Waals surface area contributed by atoms with Gasteiger partial charge in [0.05, 0.1) is 6.10 Å². The average molecular weight is 305 g/mol. The molecule has 0 aliphatic heterocycles. The van der Waals surface area contributed by atoms with Crippen LogP contribution in [0.25, 0.3) is 0 Å². The van der Waals surface area contributed by atoms with Gasteiger partial charge in [-0.3, -0.25) is 0 Å². The highest BCUT2D eigenvalue weighted by Gasteiger charge is 2.51. The van der Waals surface area contributed by atoms with Crippen molar-refractivity contribution in [1.29, 1.82) is 0 Å². The molecule has 106 valence electrons. The summed E-state index contributed by atoms with van der Waals surface area (Å²) in [6, 6.07) is 4.91. The van der Waals surface area contributed by atoms with Crippen LogP contribution >= 0.6 is 11.6 Å². The molecule has 0 aliphatic carbocycles. The summed E-state index contributed by atoms with van der Waals surface area (Å²) in [6.45, 7) is 0. The van der Waals surface area contributed by atoms with Crippen molar-refractivity contribution >= 4 is 11.6 Å². The lowest BCUT2D eigenvalue weighted by atomic mass is 10.1. The first-order chi connectivity index (χ1) is 8.51. The van der Waals surface area contributed by atoms with Crippen molar-refractivity contribution in [2.45, 2.75) is 18.5 Å². The van der Waals surface area contributed by atoms with Gasteiger partial charge in [-0.2, -0.15) is 26.3 Å². The molecular weight excluding hydrogens is 298 g/mol. The van der Waals surface area contributed by atoms with Crippen LogP contribution in [0.15, 0.2) is 35.9 Å². The molecule has 0 aliphatic rings. The molecular formula is C11H7ClF6O. The third kappa shape index (κ3) is 4.43. The zero-order chi connectivity index (χ0) is 14.8. The van der Waals surface area contributed by atoms with Gasteiger partial charge in [-0.25, -0.2) is 0 Å². The first-order valence-corrected chi connectivity index (χ1v) is 5.19. The highest BCUT2D eigenvalue weighted by Crippen LogP contribution is 2.40. The molecule has 0 heterocycles. The van der Waals surface area contributed by atoms with Crippen molar-refractivity contribution < 1.29 is 31.4 Å². The van der Waals surface area contributed by atoms with E-state index in [-0.39, 0.29) is 16.7 Å². The van der Waals surface area contributed by atoms with Gasteiger partial charge in [-0.1, -0.05) is 23.7 Å². The van der Waals surface area contributed by atoms with E-state index in [1.807, 2.05) is 0 Å². The minimum atomic E-state index is -5.60. The number of benzene rings is 1. The molecule has 0 amide bonds. The number of allylic oxidation sites excluding steroid dienone is 1. The Balaban J connectivity index is 3.17. The topological polar surface area (TPSA) is 20.2 Å². The Kier molecular flexibility index (Phi) is 4.52. The summed E-state index contributed by atoms with van der Waals surface area (Å²) >= 11 is 5.53. The second kappa shape index (κ2) is 5.42. The lowest BCUT2D eigenvalue weighted by Crippen LogP contribution is -2.26. The van der Waals surface area contributed by atoms with Gasteiger partial charge < -0.3 is 5.11 Å². The number of aliphatic hydroxyl groups excluding tert-OH is 1. The number of aliphatic hydroxyl groups is 1. The molecule has 1 aromatic rings. The van der Waals surface area contributed by atoms with Gasteiger partial charge >= 0.3 is 12.4 Å². The zero-order valence-electron chi connectivity index (χ0n) is 9.06. The fourth-order valence-corrected chi connectivity index (χ4v) is 1.49. The number of halogens is 7. The van der Waals surface area contributed by atoms with Crippen molar-refractivity contribution in [2.24, 2.45) is 0 Å². The number of hydrogen-bond acceptors (Lipinski definition) is 1. The summed E-state index contributed by atoms with van der Waals surface area (Å²) in [5.41, 5.74) is -2.93. The van der Waals surface area contributed by atoms with Gasteiger partial charge in [0.25, 0.3) is 0 Å². The van der Waals surface area contributed by atoms with E-state index in [0.717, 1.165) is 12.1 Å². The van der Waals surface area contributed by atoms with Crippen LogP contribution in [-0.2, 0) is 0 Å². The number of rotatable bonds is 2. The van der Waals surface area contributed by atoms with Crippen LogP contribution in [0.5, 0.6) is 0 Å². The van der Waals surface area contributed by atoms with E-state index < -0.39 is 24.0 Å². The SMILES string of the molecule is OC(C=C(C(F)(F)F)C(F)(F)F)c1cccc(Cl)c1. The maximum absolute atomic E-state index is 12.2. The van der Waals surface area contributed by atoms with Gasteiger partial charge in [0.15, 0.2) is 0 Å². The lowest BCUT2D eigenvalue weighted by molar-refractivity contribution is -0.173. The Hall–Kier alpha value is -1.21. The molecule has 0 aromatic heterocycles. The van der Waals surface area contributed by atoms with Crippen LogP contribution in [0.3, 0.4) is 0 Å². The summed E-state index contributed by atoms with van der Waals surface area (Å²) in [7, 11) is 0.